The molecule has 0 aliphatic heterocycles. The van der Waals surface area contributed by atoms with Gasteiger partial charge in [0.1, 0.15) is 5.75 Å². The van der Waals surface area contributed by atoms with Crippen LogP contribution < -0.4 is 0 Å². The van der Waals surface area contributed by atoms with E-state index in [1.807, 2.05) is 0 Å². The van der Waals surface area contributed by atoms with Crippen molar-refractivity contribution in [3.05, 3.63) is 42.5 Å². The Hall–Kier alpha value is -1.77. The molecule has 1 rings (SSSR count). The highest BCUT2D eigenvalue weighted by Crippen LogP contribution is 2.28. The molecule has 3 nitrogen and oxygen atoms in total. The topological polar surface area (TPSA) is 57.5 Å². The van der Waals surface area contributed by atoms with Crippen LogP contribution in [0.5, 0.6) is 5.75 Å². The molecule has 0 aliphatic carbocycles. The molecule has 0 aromatic heterocycles. The molecule has 0 fully saturated rings. The van der Waals surface area contributed by atoms with Crippen LogP contribution in [0.3, 0.4) is 0 Å². The highest BCUT2D eigenvalue weighted by atomic mass is 16.4. The molecule has 3 heteroatoms. The van der Waals surface area contributed by atoms with Crippen LogP contribution in [0.2, 0.25) is 0 Å². The molecule has 80 valence electrons. The van der Waals surface area contributed by atoms with Gasteiger partial charge in [-0.25, -0.2) is 0 Å². The smallest absolute Gasteiger partial charge is 0.307 e. The van der Waals surface area contributed by atoms with Gasteiger partial charge in [-0.1, -0.05) is 25.1 Å². The van der Waals surface area contributed by atoms with Crippen LogP contribution in [0.15, 0.2) is 36.9 Å². The van der Waals surface area contributed by atoms with Crippen LogP contribution in [-0.2, 0) is 4.79 Å². The highest BCUT2D eigenvalue weighted by Gasteiger charge is 2.22. The number of hydrogen-bond donors (Lipinski definition) is 2. The molecule has 0 saturated heterocycles. The minimum Gasteiger partial charge on any atom is -0.508 e. The largest absolute Gasteiger partial charge is 0.508 e. The molecular formula is C12H14O3. The number of carboxylic acid groups (broad SMARTS) is 1. The first-order valence-corrected chi connectivity index (χ1v) is 4.70. The number of aromatic hydroxyl groups is 1. The minimum absolute atomic E-state index is 0.136. The Morgan fingerprint density at radius 1 is 1.53 bits per heavy atom. The fraction of sp³-hybridized carbons (Fsp3) is 0.250. The van der Waals surface area contributed by atoms with Gasteiger partial charge in [0.05, 0.1) is 5.92 Å². The lowest BCUT2D eigenvalue weighted by Crippen LogP contribution is -2.17. The van der Waals surface area contributed by atoms with Gasteiger partial charge in [0.2, 0.25) is 0 Å². The third-order valence-electron chi connectivity index (χ3n) is 2.44. The molecule has 2 N–H and O–H groups in total. The van der Waals surface area contributed by atoms with E-state index in [9.17, 15) is 9.90 Å². The van der Waals surface area contributed by atoms with Crippen molar-refractivity contribution in [3.8, 4) is 5.75 Å². The lowest BCUT2D eigenvalue weighted by Gasteiger charge is -2.17. The van der Waals surface area contributed by atoms with Gasteiger partial charge < -0.3 is 10.2 Å². The predicted octanol–water partition coefficient (Wildman–Crippen LogP) is 2.38. The monoisotopic (exact) mass is 206 g/mol. The Kier molecular flexibility index (Phi) is 3.50. The fourth-order valence-electron chi connectivity index (χ4n) is 1.51. The van der Waals surface area contributed by atoms with Crippen LogP contribution in [0.25, 0.3) is 0 Å². The van der Waals surface area contributed by atoms with Crippen molar-refractivity contribution in [2.45, 2.75) is 12.8 Å². The van der Waals surface area contributed by atoms with Crippen molar-refractivity contribution in [1.29, 1.82) is 0 Å². The number of carbonyl (C=O) groups is 1. The van der Waals surface area contributed by atoms with Crippen molar-refractivity contribution in [2.75, 3.05) is 0 Å². The number of allylic oxidation sites excluding steroid dienone is 1. The standard InChI is InChI=1S/C12H14O3/c1-3-11(8(2)12(14)15)9-5-4-6-10(13)7-9/h3-8,11,13H,1H2,2H3,(H,14,15)/t8?,11-/m1/s1. The summed E-state index contributed by atoms with van der Waals surface area (Å²) in [6.07, 6.45) is 1.59. The lowest BCUT2D eigenvalue weighted by atomic mass is 9.87. The van der Waals surface area contributed by atoms with Crippen LogP contribution in [0, 0.1) is 5.92 Å². The maximum atomic E-state index is 10.8. The average Bonchev–Trinajstić information content (AvgIpc) is 2.18. The maximum absolute atomic E-state index is 10.8. The van der Waals surface area contributed by atoms with Crippen LogP contribution in [0.1, 0.15) is 18.4 Å². The first-order valence-electron chi connectivity index (χ1n) is 4.70. The van der Waals surface area contributed by atoms with E-state index in [1.54, 1.807) is 37.3 Å². The number of rotatable bonds is 4. The molecular weight excluding hydrogens is 192 g/mol. The molecule has 0 heterocycles. The van der Waals surface area contributed by atoms with Crippen molar-refractivity contribution < 1.29 is 15.0 Å². The molecule has 2 atom stereocenters. The summed E-state index contributed by atoms with van der Waals surface area (Å²) in [5.74, 6) is -1.57. The van der Waals surface area contributed by atoms with Gasteiger partial charge in [-0.05, 0) is 17.7 Å². The number of benzene rings is 1. The molecule has 1 unspecified atom stereocenters. The van der Waals surface area contributed by atoms with Crippen LogP contribution >= 0.6 is 0 Å². The van der Waals surface area contributed by atoms with Crippen LogP contribution in [-0.4, -0.2) is 16.2 Å². The number of carboxylic acids is 1. The molecule has 0 bridgehead atoms. The van der Waals surface area contributed by atoms with Crippen molar-refractivity contribution in [2.24, 2.45) is 5.92 Å². The number of aliphatic carboxylic acids is 1. The van der Waals surface area contributed by atoms with E-state index in [-0.39, 0.29) is 11.7 Å². The second kappa shape index (κ2) is 4.64. The predicted molar refractivity (Wildman–Crippen MR) is 57.8 cm³/mol. The second-order valence-corrected chi connectivity index (χ2v) is 3.48. The molecule has 0 radical (unpaired) electrons. The average molecular weight is 206 g/mol. The minimum atomic E-state index is -0.872. The first kappa shape index (κ1) is 11.3. The quantitative estimate of drug-likeness (QED) is 0.743. The summed E-state index contributed by atoms with van der Waals surface area (Å²) in [5, 5.41) is 18.2. The normalized spacial score (nSPS) is 14.2. The summed E-state index contributed by atoms with van der Waals surface area (Å²) < 4.78 is 0. The van der Waals surface area contributed by atoms with E-state index in [1.165, 1.54) is 0 Å². The summed E-state index contributed by atoms with van der Waals surface area (Å²) in [6, 6.07) is 6.59. The molecule has 0 aliphatic rings. The molecule has 0 amide bonds. The van der Waals surface area contributed by atoms with Gasteiger partial charge in [0.25, 0.3) is 0 Å². The van der Waals surface area contributed by atoms with E-state index in [2.05, 4.69) is 6.58 Å². The van der Waals surface area contributed by atoms with Crippen molar-refractivity contribution in [1.82, 2.24) is 0 Å². The summed E-state index contributed by atoms with van der Waals surface area (Å²) >= 11 is 0. The Morgan fingerprint density at radius 2 is 2.20 bits per heavy atom. The molecule has 0 saturated carbocycles. The van der Waals surface area contributed by atoms with E-state index in [0.717, 1.165) is 5.56 Å². The zero-order valence-corrected chi connectivity index (χ0v) is 8.55. The zero-order valence-electron chi connectivity index (χ0n) is 8.55. The van der Waals surface area contributed by atoms with Crippen LogP contribution in [0.4, 0.5) is 0 Å². The number of phenolic OH excluding ortho intramolecular Hbond substituents is 1. The Balaban J connectivity index is 3.02. The molecule has 0 spiro atoms. The van der Waals surface area contributed by atoms with Gasteiger partial charge in [0.15, 0.2) is 0 Å². The van der Waals surface area contributed by atoms with E-state index in [4.69, 9.17) is 5.11 Å². The SMILES string of the molecule is C=C[C@@H](c1cccc(O)c1)C(C)C(=O)O. The molecule has 1 aromatic rings. The van der Waals surface area contributed by atoms with E-state index < -0.39 is 11.9 Å². The lowest BCUT2D eigenvalue weighted by molar-refractivity contribution is -0.141. The Labute approximate surface area is 88.7 Å². The molecule has 1 aromatic carbocycles. The van der Waals surface area contributed by atoms with Gasteiger partial charge in [0, 0.05) is 5.92 Å². The number of phenols is 1. The van der Waals surface area contributed by atoms with Gasteiger partial charge >= 0.3 is 5.97 Å². The van der Waals surface area contributed by atoms with Gasteiger partial charge in [-0.2, -0.15) is 0 Å². The van der Waals surface area contributed by atoms with Crippen molar-refractivity contribution >= 4 is 5.97 Å². The van der Waals surface area contributed by atoms with E-state index >= 15 is 0 Å². The molecule has 15 heavy (non-hydrogen) atoms. The Bertz CT molecular complexity index is 371. The maximum Gasteiger partial charge on any atom is 0.307 e. The van der Waals surface area contributed by atoms with E-state index in [0.29, 0.717) is 0 Å². The summed E-state index contributed by atoms with van der Waals surface area (Å²) in [6.45, 7) is 5.25. The Morgan fingerprint density at radius 3 is 2.67 bits per heavy atom. The third kappa shape index (κ3) is 2.59. The summed E-state index contributed by atoms with van der Waals surface area (Å²) in [5.41, 5.74) is 0.764. The highest BCUT2D eigenvalue weighted by molar-refractivity contribution is 5.71. The summed E-state index contributed by atoms with van der Waals surface area (Å²) in [4.78, 5) is 10.8. The van der Waals surface area contributed by atoms with Gasteiger partial charge in [-0.3, -0.25) is 4.79 Å². The van der Waals surface area contributed by atoms with Gasteiger partial charge in [-0.15, -0.1) is 6.58 Å². The van der Waals surface area contributed by atoms with Crippen molar-refractivity contribution in [3.63, 3.8) is 0 Å². The zero-order chi connectivity index (χ0) is 11.4. The first-order chi connectivity index (χ1) is 7.06. The number of hydrogen-bond acceptors (Lipinski definition) is 2. The third-order valence-corrected chi connectivity index (χ3v) is 2.44. The second-order valence-electron chi connectivity index (χ2n) is 3.48. The summed E-state index contributed by atoms with van der Waals surface area (Å²) in [7, 11) is 0. The fourth-order valence-corrected chi connectivity index (χ4v) is 1.51.